The van der Waals surface area contributed by atoms with Crippen molar-refractivity contribution in [2.75, 3.05) is 0 Å². The molecule has 3 aromatic rings. The van der Waals surface area contributed by atoms with Crippen LogP contribution in [0.15, 0.2) is 60.7 Å². The molecular formula is C18H10ClNO2. The Hall–Kier alpha value is -2.83. The number of hydrogen-bond acceptors (Lipinski definition) is 3. The Morgan fingerprint density at radius 1 is 0.955 bits per heavy atom. The van der Waals surface area contributed by atoms with Crippen molar-refractivity contribution in [1.82, 2.24) is 0 Å². The van der Waals surface area contributed by atoms with Gasteiger partial charge in [-0.3, -0.25) is 0 Å². The Balaban J connectivity index is 2.01. The van der Waals surface area contributed by atoms with E-state index in [-0.39, 0.29) is 0 Å². The van der Waals surface area contributed by atoms with Gasteiger partial charge < -0.3 is 4.74 Å². The molecule has 4 heteroatoms. The maximum Gasteiger partial charge on any atom is 0.344 e. The van der Waals surface area contributed by atoms with E-state index in [4.69, 9.17) is 21.6 Å². The summed E-state index contributed by atoms with van der Waals surface area (Å²) < 4.78 is 5.36. The normalized spacial score (nSPS) is 10.2. The first-order chi connectivity index (χ1) is 10.7. The number of ether oxygens (including phenoxy) is 1. The predicted molar refractivity (Wildman–Crippen MR) is 85.1 cm³/mol. The van der Waals surface area contributed by atoms with Gasteiger partial charge in [0.1, 0.15) is 5.75 Å². The Morgan fingerprint density at radius 2 is 1.64 bits per heavy atom. The zero-order valence-electron chi connectivity index (χ0n) is 11.4. The van der Waals surface area contributed by atoms with Crippen molar-refractivity contribution in [3.63, 3.8) is 0 Å². The SMILES string of the molecule is N#Cc1ccc(C(=O)Oc2ccc(Cl)cc2)c2ccccc12. The van der Waals surface area contributed by atoms with E-state index in [9.17, 15) is 4.79 Å². The molecule has 0 aliphatic carbocycles. The zero-order valence-corrected chi connectivity index (χ0v) is 12.2. The topological polar surface area (TPSA) is 50.1 Å². The molecule has 0 saturated heterocycles. The minimum Gasteiger partial charge on any atom is -0.423 e. The first-order valence-electron chi connectivity index (χ1n) is 6.58. The summed E-state index contributed by atoms with van der Waals surface area (Å²) in [5.74, 6) is -0.0501. The Morgan fingerprint density at radius 3 is 2.32 bits per heavy atom. The smallest absolute Gasteiger partial charge is 0.344 e. The van der Waals surface area contributed by atoms with Crippen LogP contribution in [-0.4, -0.2) is 5.97 Å². The fourth-order valence-corrected chi connectivity index (χ4v) is 2.37. The molecule has 22 heavy (non-hydrogen) atoms. The van der Waals surface area contributed by atoms with Crippen LogP contribution < -0.4 is 4.74 Å². The van der Waals surface area contributed by atoms with Crippen molar-refractivity contribution in [2.24, 2.45) is 0 Å². The van der Waals surface area contributed by atoms with Crippen molar-refractivity contribution in [2.45, 2.75) is 0 Å². The van der Waals surface area contributed by atoms with Gasteiger partial charge >= 0.3 is 5.97 Å². The molecule has 0 heterocycles. The van der Waals surface area contributed by atoms with E-state index in [1.54, 1.807) is 42.5 Å². The third-order valence-electron chi connectivity index (χ3n) is 3.29. The van der Waals surface area contributed by atoms with Crippen LogP contribution in [0, 0.1) is 11.3 Å². The van der Waals surface area contributed by atoms with Gasteiger partial charge in [-0.05, 0) is 41.8 Å². The molecule has 0 amide bonds. The molecule has 0 unspecified atom stereocenters. The molecule has 106 valence electrons. The average Bonchev–Trinajstić information content (AvgIpc) is 2.56. The first-order valence-corrected chi connectivity index (χ1v) is 6.96. The van der Waals surface area contributed by atoms with Gasteiger partial charge in [-0.25, -0.2) is 4.79 Å². The highest BCUT2D eigenvalue weighted by molar-refractivity contribution is 6.30. The highest BCUT2D eigenvalue weighted by Gasteiger charge is 2.14. The predicted octanol–water partition coefficient (Wildman–Crippen LogP) is 4.58. The first kappa shape index (κ1) is 14.1. The quantitative estimate of drug-likeness (QED) is 0.514. The molecule has 0 bridgehead atoms. The number of nitriles is 1. The second kappa shape index (κ2) is 5.88. The van der Waals surface area contributed by atoms with Gasteiger partial charge in [0, 0.05) is 10.4 Å². The van der Waals surface area contributed by atoms with Crippen molar-refractivity contribution in [1.29, 1.82) is 5.26 Å². The molecule has 3 rings (SSSR count). The summed E-state index contributed by atoms with van der Waals surface area (Å²) in [5, 5.41) is 11.1. The molecular weight excluding hydrogens is 298 g/mol. The van der Waals surface area contributed by atoms with Gasteiger partial charge in [0.2, 0.25) is 0 Å². The molecule has 0 fully saturated rings. The van der Waals surface area contributed by atoms with E-state index >= 15 is 0 Å². The molecule has 3 aromatic carbocycles. The molecule has 0 atom stereocenters. The van der Waals surface area contributed by atoms with E-state index in [0.29, 0.717) is 27.3 Å². The lowest BCUT2D eigenvalue weighted by molar-refractivity contribution is 0.0737. The van der Waals surface area contributed by atoms with Gasteiger partial charge in [-0.2, -0.15) is 5.26 Å². The van der Waals surface area contributed by atoms with Gasteiger partial charge in [-0.1, -0.05) is 35.9 Å². The van der Waals surface area contributed by atoms with Gasteiger partial charge in [0.05, 0.1) is 17.2 Å². The number of benzene rings is 3. The summed E-state index contributed by atoms with van der Waals surface area (Å²) in [6.45, 7) is 0. The lowest BCUT2D eigenvalue weighted by Crippen LogP contribution is -2.09. The third-order valence-corrected chi connectivity index (χ3v) is 3.54. The lowest BCUT2D eigenvalue weighted by Gasteiger charge is -2.08. The Bertz CT molecular complexity index is 895. The summed E-state index contributed by atoms with van der Waals surface area (Å²) >= 11 is 5.81. The molecule has 0 N–H and O–H groups in total. The van der Waals surface area contributed by atoms with Crippen molar-refractivity contribution in [3.8, 4) is 11.8 Å². The summed E-state index contributed by atoms with van der Waals surface area (Å²) in [6, 6.07) is 19.2. The van der Waals surface area contributed by atoms with Crippen LogP contribution in [0.5, 0.6) is 5.75 Å². The molecule has 0 aromatic heterocycles. The maximum atomic E-state index is 12.4. The largest absolute Gasteiger partial charge is 0.423 e. The molecule has 0 radical (unpaired) electrons. The monoisotopic (exact) mass is 307 g/mol. The fraction of sp³-hybridized carbons (Fsp3) is 0. The number of esters is 1. The molecule has 0 aliphatic rings. The number of rotatable bonds is 2. The summed E-state index contributed by atoms with van der Waals surface area (Å²) in [5.41, 5.74) is 0.947. The summed E-state index contributed by atoms with van der Waals surface area (Å²) in [4.78, 5) is 12.4. The van der Waals surface area contributed by atoms with Crippen LogP contribution in [0.25, 0.3) is 10.8 Å². The molecule has 0 spiro atoms. The Labute approximate surface area is 132 Å². The number of hydrogen-bond donors (Lipinski definition) is 0. The van der Waals surface area contributed by atoms with Crippen molar-refractivity contribution < 1.29 is 9.53 Å². The van der Waals surface area contributed by atoms with Crippen LogP contribution in [0.2, 0.25) is 5.02 Å². The third kappa shape index (κ3) is 2.65. The summed E-state index contributed by atoms with van der Waals surface area (Å²) in [7, 11) is 0. The van der Waals surface area contributed by atoms with Crippen molar-refractivity contribution in [3.05, 3.63) is 76.8 Å². The van der Waals surface area contributed by atoms with E-state index in [1.165, 1.54) is 0 Å². The second-order valence-corrected chi connectivity index (χ2v) is 5.10. The fourth-order valence-electron chi connectivity index (χ4n) is 2.24. The zero-order chi connectivity index (χ0) is 15.5. The van der Waals surface area contributed by atoms with Gasteiger partial charge in [0.25, 0.3) is 0 Å². The minimum atomic E-state index is -0.469. The number of fused-ring (bicyclic) bond motifs is 1. The highest BCUT2D eigenvalue weighted by atomic mass is 35.5. The second-order valence-electron chi connectivity index (χ2n) is 4.66. The van der Waals surface area contributed by atoms with Gasteiger partial charge in [0.15, 0.2) is 0 Å². The molecule has 0 saturated carbocycles. The maximum absolute atomic E-state index is 12.4. The average molecular weight is 308 g/mol. The Kier molecular flexibility index (Phi) is 3.78. The standard InChI is InChI=1S/C18H10ClNO2/c19-13-6-8-14(9-7-13)22-18(21)17-10-5-12(11-20)15-3-1-2-4-16(15)17/h1-10H. The number of carbonyl (C=O) groups excluding carboxylic acids is 1. The number of carbonyl (C=O) groups is 1. The summed E-state index contributed by atoms with van der Waals surface area (Å²) in [6.07, 6.45) is 0. The van der Waals surface area contributed by atoms with Crippen LogP contribution in [0.3, 0.4) is 0 Å². The molecule has 0 aliphatic heterocycles. The van der Waals surface area contributed by atoms with E-state index in [0.717, 1.165) is 5.39 Å². The van der Waals surface area contributed by atoms with E-state index in [2.05, 4.69) is 6.07 Å². The minimum absolute atomic E-state index is 0.419. The van der Waals surface area contributed by atoms with Crippen LogP contribution in [0.4, 0.5) is 0 Å². The number of nitrogens with zero attached hydrogens (tertiary/aromatic N) is 1. The molecule has 3 nitrogen and oxygen atoms in total. The lowest BCUT2D eigenvalue weighted by atomic mass is 10.0. The van der Waals surface area contributed by atoms with Crippen LogP contribution in [-0.2, 0) is 0 Å². The van der Waals surface area contributed by atoms with E-state index < -0.39 is 5.97 Å². The van der Waals surface area contributed by atoms with E-state index in [1.807, 2.05) is 18.2 Å². The van der Waals surface area contributed by atoms with Crippen LogP contribution in [0.1, 0.15) is 15.9 Å². The van der Waals surface area contributed by atoms with Gasteiger partial charge in [-0.15, -0.1) is 0 Å². The van der Waals surface area contributed by atoms with Crippen molar-refractivity contribution >= 4 is 28.3 Å². The highest BCUT2D eigenvalue weighted by Crippen LogP contribution is 2.24. The number of halogens is 1. The van der Waals surface area contributed by atoms with Crippen LogP contribution >= 0.6 is 11.6 Å².